The van der Waals surface area contributed by atoms with Crippen molar-refractivity contribution >= 4 is 87.0 Å². The van der Waals surface area contributed by atoms with E-state index in [9.17, 15) is 18.4 Å². The highest BCUT2D eigenvalue weighted by Crippen LogP contribution is 2.36. The second-order valence-electron chi connectivity index (χ2n) is 16.6. The summed E-state index contributed by atoms with van der Waals surface area (Å²) in [6.07, 6.45) is 4.46. The summed E-state index contributed by atoms with van der Waals surface area (Å²) in [5, 5.41) is 5.16. The molecule has 0 bridgehead atoms. The number of carbonyl (C=O) groups is 2. The summed E-state index contributed by atoms with van der Waals surface area (Å²) in [6.45, 7) is 3.93. The number of hydrogen-bond acceptors (Lipinski definition) is 10. The molecule has 2 aliphatic rings. The van der Waals surface area contributed by atoms with Crippen LogP contribution in [0.1, 0.15) is 69.4 Å². The van der Waals surface area contributed by atoms with Gasteiger partial charge < -0.3 is 19.7 Å². The molecule has 2 aromatic heterocycles. The molecule has 0 atom stereocenters. The molecule has 0 spiro atoms. The normalized spacial score (nSPS) is 13.8. The standard InChI is InChI=1S/C27H23ClFN3O2.C16H10ClFN2O2.C11H14ClN.ClH/c1-34-27(33)20-6-11-23-24(16-20)30-25(19-4-9-22(29)10-5-19)26(31-23)32-14-12-18(13-15-32)17-2-7-21(28)8-3-17;1-22-16(21)10-4-7-12-13(8-10)19-14(15(17)20-12)9-2-5-11(18)6-3-9;12-11-3-1-9(2-4-11)10-5-7-13-8-6-10;/h2-11,16,18H,12-15H2,1H3;2-8H,1H3;1-4,10,13H,5-8H2;1H. The number of rotatable bonds is 7. The summed E-state index contributed by atoms with van der Waals surface area (Å²) in [6, 6.07) is 38.4. The molecule has 1 N–H and O–H groups in total. The molecule has 4 heterocycles. The lowest BCUT2D eigenvalue weighted by Gasteiger charge is -2.34. The van der Waals surface area contributed by atoms with Gasteiger partial charge in [-0.05, 0) is 171 Å². The van der Waals surface area contributed by atoms with Crippen LogP contribution in [-0.4, -0.2) is 72.3 Å². The Labute approximate surface area is 425 Å². The number of halogens is 6. The van der Waals surface area contributed by atoms with Crippen LogP contribution in [0.15, 0.2) is 133 Å². The molecule has 0 radical (unpaired) electrons. The Balaban J connectivity index is 0.000000171. The lowest BCUT2D eigenvalue weighted by atomic mass is 9.89. The molecule has 2 saturated heterocycles. The number of piperidine rings is 2. The first-order valence-corrected chi connectivity index (χ1v) is 23.5. The van der Waals surface area contributed by atoms with Gasteiger partial charge in [0, 0.05) is 34.3 Å². The van der Waals surface area contributed by atoms with Crippen LogP contribution >= 0.6 is 47.2 Å². The highest BCUT2D eigenvalue weighted by Gasteiger charge is 2.25. The molecule has 0 aliphatic carbocycles. The van der Waals surface area contributed by atoms with E-state index in [1.54, 1.807) is 60.7 Å². The fourth-order valence-corrected chi connectivity index (χ4v) is 8.92. The van der Waals surface area contributed by atoms with Crippen molar-refractivity contribution in [3.05, 3.63) is 183 Å². The average Bonchev–Trinajstić information content (AvgIpc) is 3.39. The second kappa shape index (κ2) is 24.0. The van der Waals surface area contributed by atoms with E-state index in [-0.39, 0.29) is 29.2 Å². The van der Waals surface area contributed by atoms with Gasteiger partial charge in [-0.1, -0.05) is 59.1 Å². The van der Waals surface area contributed by atoms with Crippen LogP contribution in [0.4, 0.5) is 14.6 Å². The molecule has 6 aromatic carbocycles. The number of anilines is 1. The van der Waals surface area contributed by atoms with Crippen LogP contribution < -0.4 is 10.2 Å². The Morgan fingerprint density at radius 3 is 1.44 bits per heavy atom. The number of carbonyl (C=O) groups excluding carboxylic acids is 2. The van der Waals surface area contributed by atoms with Crippen molar-refractivity contribution in [3.63, 3.8) is 0 Å². The molecule has 0 amide bonds. The van der Waals surface area contributed by atoms with Crippen LogP contribution in [0, 0.1) is 11.6 Å². The maximum Gasteiger partial charge on any atom is 0.337 e. The zero-order valence-electron chi connectivity index (χ0n) is 38.2. The summed E-state index contributed by atoms with van der Waals surface area (Å²) < 4.78 is 36.2. The lowest BCUT2D eigenvalue weighted by Crippen LogP contribution is -2.34. The molecule has 10 nitrogen and oxygen atoms in total. The van der Waals surface area contributed by atoms with Crippen LogP contribution in [0.2, 0.25) is 15.2 Å². The summed E-state index contributed by atoms with van der Waals surface area (Å²) >= 11 is 18.0. The predicted molar refractivity (Wildman–Crippen MR) is 277 cm³/mol. The SMILES string of the molecule is COC(=O)c1ccc2nc(Cl)c(-c3ccc(F)cc3)nc2c1.COC(=O)c1ccc2nc(N3CCC(c4ccc(Cl)cc4)CC3)c(-c3ccc(F)cc3)nc2c1.Cl.Clc1ccc(C2CCNCC2)cc1. The van der Waals surface area contributed by atoms with Crippen LogP contribution in [0.5, 0.6) is 0 Å². The molecular formula is C54H48Cl4F2N6O4. The molecular weight excluding hydrogens is 976 g/mol. The van der Waals surface area contributed by atoms with E-state index < -0.39 is 11.9 Å². The fourth-order valence-electron chi connectivity index (χ4n) is 8.43. The Morgan fingerprint density at radius 1 is 0.543 bits per heavy atom. The third kappa shape index (κ3) is 12.7. The maximum absolute atomic E-state index is 13.6. The van der Waals surface area contributed by atoms with E-state index in [0.29, 0.717) is 56.1 Å². The number of ether oxygens (including phenoxy) is 2. The first-order valence-electron chi connectivity index (χ1n) is 22.4. The average molecular weight is 1020 g/mol. The number of esters is 2. The molecule has 8 aromatic rings. The van der Waals surface area contributed by atoms with Crippen molar-refractivity contribution in [1.29, 1.82) is 0 Å². The Hall–Kier alpha value is -6.28. The van der Waals surface area contributed by atoms with Crippen LogP contribution in [0.3, 0.4) is 0 Å². The summed E-state index contributed by atoms with van der Waals surface area (Å²) in [5.74, 6) is 0.414. The first-order chi connectivity index (χ1) is 33.5. The van der Waals surface area contributed by atoms with Gasteiger partial charge in [-0.3, -0.25) is 0 Å². The lowest BCUT2D eigenvalue weighted by molar-refractivity contribution is 0.0592. The number of aromatic nitrogens is 4. The van der Waals surface area contributed by atoms with Gasteiger partial charge in [0.2, 0.25) is 0 Å². The molecule has 360 valence electrons. The molecule has 0 unspecified atom stereocenters. The summed E-state index contributed by atoms with van der Waals surface area (Å²) in [4.78, 5) is 44.3. The number of hydrogen-bond donors (Lipinski definition) is 1. The quantitative estimate of drug-likeness (QED) is 0.155. The molecule has 70 heavy (non-hydrogen) atoms. The number of nitrogens with zero attached hydrogens (tertiary/aromatic N) is 5. The zero-order chi connectivity index (χ0) is 48.4. The van der Waals surface area contributed by atoms with E-state index >= 15 is 0 Å². The van der Waals surface area contributed by atoms with E-state index in [2.05, 4.69) is 49.2 Å². The van der Waals surface area contributed by atoms with E-state index in [1.165, 1.54) is 62.5 Å². The van der Waals surface area contributed by atoms with Crippen LogP contribution in [0.25, 0.3) is 44.6 Å². The number of fused-ring (bicyclic) bond motifs is 2. The minimum atomic E-state index is -0.456. The van der Waals surface area contributed by atoms with Gasteiger partial charge in [0.25, 0.3) is 0 Å². The van der Waals surface area contributed by atoms with Crippen LogP contribution in [-0.2, 0) is 9.47 Å². The highest BCUT2D eigenvalue weighted by atomic mass is 35.5. The van der Waals surface area contributed by atoms with Crippen molar-refractivity contribution in [2.24, 2.45) is 0 Å². The van der Waals surface area contributed by atoms with Gasteiger partial charge in [0.15, 0.2) is 11.0 Å². The summed E-state index contributed by atoms with van der Waals surface area (Å²) in [5.41, 5.74) is 8.36. The minimum Gasteiger partial charge on any atom is -0.465 e. The van der Waals surface area contributed by atoms with E-state index in [1.807, 2.05) is 24.3 Å². The number of methoxy groups -OCH3 is 2. The van der Waals surface area contributed by atoms with Gasteiger partial charge >= 0.3 is 11.9 Å². The van der Waals surface area contributed by atoms with Gasteiger partial charge in [-0.25, -0.2) is 38.3 Å². The van der Waals surface area contributed by atoms with E-state index in [0.717, 1.165) is 66.4 Å². The summed E-state index contributed by atoms with van der Waals surface area (Å²) in [7, 11) is 2.66. The largest absolute Gasteiger partial charge is 0.465 e. The highest BCUT2D eigenvalue weighted by molar-refractivity contribution is 6.32. The predicted octanol–water partition coefficient (Wildman–Crippen LogP) is 13.4. The topological polar surface area (TPSA) is 119 Å². The molecule has 2 fully saturated rings. The van der Waals surface area contributed by atoms with Gasteiger partial charge in [0.05, 0.1) is 47.4 Å². The molecule has 16 heteroatoms. The third-order valence-electron chi connectivity index (χ3n) is 12.2. The minimum absolute atomic E-state index is 0. The monoisotopic (exact) mass is 1020 g/mol. The first kappa shape index (κ1) is 51.6. The van der Waals surface area contributed by atoms with Crippen molar-refractivity contribution < 1.29 is 27.8 Å². The van der Waals surface area contributed by atoms with Gasteiger partial charge in [0.1, 0.15) is 23.0 Å². The molecule has 2 aliphatic heterocycles. The third-order valence-corrected chi connectivity index (χ3v) is 12.9. The molecule has 0 saturated carbocycles. The Kier molecular flexibility index (Phi) is 17.7. The number of nitrogens with one attached hydrogen (secondary N) is 1. The zero-order valence-corrected chi connectivity index (χ0v) is 41.3. The Bertz CT molecular complexity index is 3060. The van der Waals surface area contributed by atoms with Crippen molar-refractivity contribution in [2.75, 3.05) is 45.3 Å². The van der Waals surface area contributed by atoms with Gasteiger partial charge in [-0.2, -0.15) is 0 Å². The van der Waals surface area contributed by atoms with Gasteiger partial charge in [-0.15, -0.1) is 12.4 Å². The fraction of sp³-hybridized carbons (Fsp3) is 0.222. The maximum atomic E-state index is 13.6. The van der Waals surface area contributed by atoms with Crippen molar-refractivity contribution in [1.82, 2.24) is 25.3 Å². The molecule has 10 rings (SSSR count). The number of benzene rings is 6. The van der Waals surface area contributed by atoms with E-state index in [4.69, 9.17) is 49.5 Å². The Morgan fingerprint density at radius 2 is 0.971 bits per heavy atom. The van der Waals surface area contributed by atoms with Crippen molar-refractivity contribution in [3.8, 4) is 22.5 Å². The second-order valence-corrected chi connectivity index (χ2v) is 17.8. The smallest absolute Gasteiger partial charge is 0.337 e. The van der Waals surface area contributed by atoms with Crippen molar-refractivity contribution in [2.45, 2.75) is 37.5 Å².